The summed E-state index contributed by atoms with van der Waals surface area (Å²) in [7, 11) is -8.82. The van der Waals surface area contributed by atoms with E-state index in [-0.39, 0.29) is 16.9 Å². The summed E-state index contributed by atoms with van der Waals surface area (Å²) in [5, 5.41) is 8.74. The van der Waals surface area contributed by atoms with Gasteiger partial charge in [0.25, 0.3) is 0 Å². The van der Waals surface area contributed by atoms with Crippen molar-refractivity contribution < 1.29 is 43.1 Å². The van der Waals surface area contributed by atoms with Crippen molar-refractivity contribution in [2.75, 3.05) is 7.11 Å². The van der Waals surface area contributed by atoms with Crippen molar-refractivity contribution in [3.8, 4) is 5.75 Å². The SMILES string of the molecule is COc1c(Br)cc(S(=O)(=O)O)c([N+]#N)c1S(=O)(=O)O.[Cl-]. The lowest BCUT2D eigenvalue weighted by Crippen LogP contribution is -3.00. The van der Waals surface area contributed by atoms with Crippen LogP contribution in [0.15, 0.2) is 20.3 Å². The summed E-state index contributed by atoms with van der Waals surface area (Å²) in [6.45, 7) is 0. The molecule has 2 N–H and O–H groups in total. The lowest BCUT2D eigenvalue weighted by atomic mass is 10.3. The van der Waals surface area contributed by atoms with Crippen LogP contribution < -0.4 is 17.1 Å². The van der Waals surface area contributed by atoms with Gasteiger partial charge in [0.1, 0.15) is 0 Å². The Morgan fingerprint density at radius 1 is 1.25 bits per heavy atom. The largest absolute Gasteiger partial charge is 1.00 e. The lowest BCUT2D eigenvalue weighted by Gasteiger charge is -2.07. The Hall–Kier alpha value is -0.970. The number of methoxy groups -OCH3 is 1. The summed E-state index contributed by atoms with van der Waals surface area (Å²) in [4.78, 5) is 0.358. The molecule has 1 aromatic rings. The number of hydrogen-bond donors (Lipinski definition) is 2. The molecule has 0 aromatic heterocycles. The molecule has 9 nitrogen and oxygen atoms in total. The average Bonchev–Trinajstić information content (AvgIpc) is 2.24. The minimum absolute atomic E-state index is 0. The van der Waals surface area contributed by atoms with E-state index in [0.717, 1.165) is 13.2 Å². The van der Waals surface area contributed by atoms with Gasteiger partial charge in [-0.15, -0.1) is 0 Å². The van der Waals surface area contributed by atoms with Gasteiger partial charge >= 0.3 is 25.9 Å². The number of diazo groups is 1. The molecular formula is C7H6BrClN2O7S2. The zero-order chi connectivity index (χ0) is 15.0. The first-order chi connectivity index (χ1) is 8.54. The molecule has 0 aliphatic heterocycles. The highest BCUT2D eigenvalue weighted by Crippen LogP contribution is 2.43. The first-order valence-electron chi connectivity index (χ1n) is 4.24. The van der Waals surface area contributed by atoms with Crippen LogP contribution in [-0.4, -0.2) is 33.1 Å². The van der Waals surface area contributed by atoms with Gasteiger partial charge in [0.15, 0.2) is 15.6 Å². The molecule has 0 radical (unpaired) electrons. The topological polar surface area (TPSA) is 146 Å². The molecule has 0 atom stereocenters. The number of nitrogens with zero attached hydrogens (tertiary/aromatic N) is 2. The normalized spacial score (nSPS) is 11.3. The maximum absolute atomic E-state index is 11.2. The van der Waals surface area contributed by atoms with Crippen LogP contribution in [0.25, 0.3) is 4.98 Å². The van der Waals surface area contributed by atoms with Crippen molar-refractivity contribution in [3.63, 3.8) is 0 Å². The second-order valence-electron chi connectivity index (χ2n) is 3.12. The number of halogens is 2. The van der Waals surface area contributed by atoms with Gasteiger partial charge in [-0.3, -0.25) is 9.11 Å². The van der Waals surface area contributed by atoms with Gasteiger partial charge < -0.3 is 17.1 Å². The molecule has 112 valence electrons. The second kappa shape index (κ2) is 6.20. The molecule has 13 heteroatoms. The van der Waals surface area contributed by atoms with Crippen LogP contribution in [0.4, 0.5) is 5.69 Å². The van der Waals surface area contributed by atoms with Gasteiger partial charge in [0, 0.05) is 0 Å². The van der Waals surface area contributed by atoms with Gasteiger partial charge in [-0.1, -0.05) is 0 Å². The third-order valence-corrected chi connectivity index (χ3v) is 4.32. The van der Waals surface area contributed by atoms with E-state index in [1.807, 2.05) is 0 Å². The monoisotopic (exact) mass is 408 g/mol. The van der Waals surface area contributed by atoms with Crippen LogP contribution in [0, 0.1) is 5.39 Å². The van der Waals surface area contributed by atoms with Crippen molar-refractivity contribution >= 4 is 41.9 Å². The zero-order valence-electron chi connectivity index (χ0n) is 9.48. The standard InChI is InChI=1S/C7H5BrN2O7S2.ClH/c1-17-6-3(8)2-4(18(11,12)13)5(10-9)7(6)19(14,15)16;/h2H,1H3,(H-,11,12,13,14,15,16);1H. The number of rotatable bonds is 3. The molecule has 0 spiro atoms. The average molecular weight is 410 g/mol. The molecule has 0 bridgehead atoms. The molecular weight excluding hydrogens is 404 g/mol. The fraction of sp³-hybridized carbons (Fsp3) is 0.143. The van der Waals surface area contributed by atoms with Crippen molar-refractivity contribution in [1.29, 1.82) is 5.39 Å². The van der Waals surface area contributed by atoms with Gasteiger partial charge in [-0.2, -0.15) is 16.8 Å². The van der Waals surface area contributed by atoms with E-state index < -0.39 is 41.5 Å². The summed E-state index contributed by atoms with van der Waals surface area (Å²) in [5.41, 5.74) is -1.06. The molecule has 0 heterocycles. The van der Waals surface area contributed by atoms with E-state index >= 15 is 0 Å². The molecule has 0 fully saturated rings. The molecule has 0 saturated heterocycles. The van der Waals surface area contributed by atoms with E-state index in [4.69, 9.17) is 14.5 Å². The molecule has 1 rings (SSSR count). The quantitative estimate of drug-likeness (QED) is 0.450. The van der Waals surface area contributed by atoms with Crippen molar-refractivity contribution in [2.45, 2.75) is 9.79 Å². The molecule has 0 aliphatic carbocycles. The summed E-state index contributed by atoms with van der Waals surface area (Å²) in [6, 6.07) is 0.762. The summed E-state index contributed by atoms with van der Waals surface area (Å²) in [6.07, 6.45) is 0. The molecule has 0 amide bonds. The highest BCUT2D eigenvalue weighted by Gasteiger charge is 2.39. The summed E-state index contributed by atoms with van der Waals surface area (Å²) < 4.78 is 67.1. The molecule has 0 saturated carbocycles. The number of ether oxygens (including phenoxy) is 1. The minimum Gasteiger partial charge on any atom is -1.00 e. The van der Waals surface area contributed by atoms with Gasteiger partial charge in [-0.05, 0) is 22.0 Å². The Bertz CT molecular complexity index is 784. The number of benzene rings is 1. The Kier molecular flexibility index (Phi) is 5.90. The van der Waals surface area contributed by atoms with Crippen molar-refractivity contribution in [2.24, 2.45) is 0 Å². The molecule has 20 heavy (non-hydrogen) atoms. The fourth-order valence-corrected chi connectivity index (χ4v) is 3.71. The van der Waals surface area contributed by atoms with Crippen LogP contribution in [0.3, 0.4) is 0 Å². The van der Waals surface area contributed by atoms with E-state index in [0.29, 0.717) is 0 Å². The Morgan fingerprint density at radius 3 is 2.05 bits per heavy atom. The zero-order valence-corrected chi connectivity index (χ0v) is 13.5. The van der Waals surface area contributed by atoms with Crippen LogP contribution in [0.2, 0.25) is 0 Å². The van der Waals surface area contributed by atoms with E-state index in [9.17, 15) is 16.8 Å². The van der Waals surface area contributed by atoms with E-state index in [1.54, 1.807) is 0 Å². The molecule has 1 aromatic carbocycles. The molecule has 0 aliphatic rings. The van der Waals surface area contributed by atoms with Crippen molar-refractivity contribution in [3.05, 3.63) is 15.5 Å². The first kappa shape index (κ1) is 19.0. The smallest absolute Gasteiger partial charge is 0.430 e. The first-order valence-corrected chi connectivity index (χ1v) is 7.92. The predicted octanol–water partition coefficient (Wildman–Crippen LogP) is -1.56. The van der Waals surface area contributed by atoms with Crippen LogP contribution in [-0.2, 0) is 20.2 Å². The minimum atomic E-state index is -4.98. The van der Waals surface area contributed by atoms with Gasteiger partial charge in [0.2, 0.25) is 10.3 Å². The van der Waals surface area contributed by atoms with E-state index in [2.05, 4.69) is 25.6 Å². The van der Waals surface area contributed by atoms with Gasteiger partial charge in [0.05, 0.1) is 11.6 Å². The highest BCUT2D eigenvalue weighted by atomic mass is 79.9. The third-order valence-electron chi connectivity index (χ3n) is 1.97. The van der Waals surface area contributed by atoms with Gasteiger partial charge in [-0.25, -0.2) is 0 Å². The summed E-state index contributed by atoms with van der Waals surface area (Å²) in [5.74, 6) is -0.484. The maximum Gasteiger partial charge on any atom is 0.430 e. The van der Waals surface area contributed by atoms with Crippen LogP contribution >= 0.6 is 15.9 Å². The third kappa shape index (κ3) is 3.57. The predicted molar refractivity (Wildman–Crippen MR) is 65.1 cm³/mol. The summed E-state index contributed by atoms with van der Waals surface area (Å²) >= 11 is 2.81. The highest BCUT2D eigenvalue weighted by molar-refractivity contribution is 9.10. The molecule has 0 unspecified atom stereocenters. The second-order valence-corrected chi connectivity index (χ2v) is 6.72. The number of hydrogen-bond acceptors (Lipinski definition) is 6. The maximum atomic E-state index is 11.2. The van der Waals surface area contributed by atoms with E-state index in [1.165, 1.54) is 0 Å². The van der Waals surface area contributed by atoms with Crippen molar-refractivity contribution in [1.82, 2.24) is 0 Å². The lowest BCUT2D eigenvalue weighted by molar-refractivity contribution is -0.0000128. The van der Waals surface area contributed by atoms with Crippen LogP contribution in [0.5, 0.6) is 5.75 Å². The Morgan fingerprint density at radius 2 is 1.75 bits per heavy atom. The fourth-order valence-electron chi connectivity index (χ4n) is 1.30. The Labute approximate surface area is 128 Å². The van der Waals surface area contributed by atoms with Crippen LogP contribution in [0.1, 0.15) is 0 Å². The Balaban J connectivity index is 0.00000361.